The van der Waals surface area contributed by atoms with Gasteiger partial charge < -0.3 is 11.1 Å². The van der Waals surface area contributed by atoms with Crippen molar-refractivity contribution < 1.29 is 0 Å². The molecule has 0 saturated heterocycles. The van der Waals surface area contributed by atoms with Crippen molar-refractivity contribution in [1.29, 1.82) is 0 Å². The zero-order valence-corrected chi connectivity index (χ0v) is 7.75. The third-order valence-electron chi connectivity index (χ3n) is 2.53. The Morgan fingerprint density at radius 2 is 2.46 bits per heavy atom. The van der Waals surface area contributed by atoms with E-state index in [9.17, 15) is 0 Å². The second kappa shape index (κ2) is 3.30. The van der Waals surface area contributed by atoms with Gasteiger partial charge in [0.05, 0.1) is 5.69 Å². The number of aromatic nitrogens is 2. The molecular weight excluding hydrogens is 164 g/mol. The molecular formula is C9H14N4. The number of aryl methyl sites for hydroxylation is 1. The van der Waals surface area contributed by atoms with Gasteiger partial charge in [0, 0.05) is 12.2 Å². The summed E-state index contributed by atoms with van der Waals surface area (Å²) in [5, 5.41) is 3.24. The molecule has 0 fully saturated rings. The molecule has 2 rings (SSSR count). The summed E-state index contributed by atoms with van der Waals surface area (Å²) in [6, 6.07) is 0.356. The van der Waals surface area contributed by atoms with E-state index in [4.69, 9.17) is 5.73 Å². The standard InChI is InChI=1S/C9H14N4/c1-11-7-4-2-3-6-5-12-9(10)13-8(6)7/h5,7,11H,2-4H2,1H3,(H2,10,12,13). The van der Waals surface area contributed by atoms with Crippen molar-refractivity contribution in [3.63, 3.8) is 0 Å². The highest BCUT2D eigenvalue weighted by Gasteiger charge is 2.20. The van der Waals surface area contributed by atoms with Crippen molar-refractivity contribution in [2.75, 3.05) is 12.8 Å². The van der Waals surface area contributed by atoms with Crippen LogP contribution in [0.15, 0.2) is 6.20 Å². The van der Waals surface area contributed by atoms with Crippen molar-refractivity contribution in [2.45, 2.75) is 25.3 Å². The van der Waals surface area contributed by atoms with Crippen LogP contribution in [-0.4, -0.2) is 17.0 Å². The monoisotopic (exact) mass is 178 g/mol. The van der Waals surface area contributed by atoms with Crippen molar-refractivity contribution in [3.05, 3.63) is 17.5 Å². The summed E-state index contributed by atoms with van der Waals surface area (Å²) < 4.78 is 0. The molecule has 1 atom stereocenters. The molecule has 1 unspecified atom stereocenters. The van der Waals surface area contributed by atoms with Crippen molar-refractivity contribution in [1.82, 2.24) is 15.3 Å². The molecule has 0 aliphatic heterocycles. The van der Waals surface area contributed by atoms with Crippen LogP contribution in [0, 0.1) is 0 Å². The van der Waals surface area contributed by atoms with Gasteiger partial charge in [0.25, 0.3) is 0 Å². The van der Waals surface area contributed by atoms with Crippen LogP contribution in [0.2, 0.25) is 0 Å². The first-order valence-corrected chi connectivity index (χ1v) is 4.60. The van der Waals surface area contributed by atoms with Gasteiger partial charge in [-0.3, -0.25) is 0 Å². The topological polar surface area (TPSA) is 63.8 Å². The number of hydrogen-bond donors (Lipinski definition) is 2. The number of nitrogens with two attached hydrogens (primary N) is 1. The van der Waals surface area contributed by atoms with Gasteiger partial charge in [-0.15, -0.1) is 0 Å². The van der Waals surface area contributed by atoms with Gasteiger partial charge in [-0.25, -0.2) is 9.97 Å². The number of rotatable bonds is 1. The Hall–Kier alpha value is -1.16. The van der Waals surface area contributed by atoms with E-state index in [0.717, 1.165) is 18.5 Å². The molecule has 1 aromatic rings. The highest BCUT2D eigenvalue weighted by atomic mass is 15.0. The minimum absolute atomic E-state index is 0.356. The summed E-state index contributed by atoms with van der Waals surface area (Å²) in [4.78, 5) is 8.27. The van der Waals surface area contributed by atoms with Gasteiger partial charge in [0.2, 0.25) is 5.95 Å². The van der Waals surface area contributed by atoms with E-state index in [2.05, 4.69) is 15.3 Å². The van der Waals surface area contributed by atoms with E-state index in [0.29, 0.717) is 12.0 Å². The van der Waals surface area contributed by atoms with E-state index < -0.39 is 0 Å². The van der Waals surface area contributed by atoms with Gasteiger partial charge in [0.15, 0.2) is 0 Å². The second-order valence-electron chi connectivity index (χ2n) is 3.37. The van der Waals surface area contributed by atoms with E-state index >= 15 is 0 Å². The lowest BCUT2D eigenvalue weighted by Crippen LogP contribution is -2.23. The number of hydrogen-bond acceptors (Lipinski definition) is 4. The predicted octanol–water partition coefficient (Wildman–Crippen LogP) is 0.656. The smallest absolute Gasteiger partial charge is 0.220 e. The fraction of sp³-hybridized carbons (Fsp3) is 0.556. The van der Waals surface area contributed by atoms with E-state index in [1.165, 1.54) is 12.0 Å². The van der Waals surface area contributed by atoms with Crippen LogP contribution in [0.1, 0.15) is 30.1 Å². The molecule has 13 heavy (non-hydrogen) atoms. The van der Waals surface area contributed by atoms with Crippen LogP contribution in [0.3, 0.4) is 0 Å². The maximum Gasteiger partial charge on any atom is 0.220 e. The van der Waals surface area contributed by atoms with Gasteiger partial charge in [-0.05, 0) is 31.9 Å². The van der Waals surface area contributed by atoms with Crippen LogP contribution in [0.25, 0.3) is 0 Å². The molecule has 0 amide bonds. The first-order chi connectivity index (χ1) is 6.31. The third-order valence-corrected chi connectivity index (χ3v) is 2.53. The predicted molar refractivity (Wildman–Crippen MR) is 51.2 cm³/mol. The summed E-state index contributed by atoms with van der Waals surface area (Å²) >= 11 is 0. The Bertz CT molecular complexity index is 310. The van der Waals surface area contributed by atoms with E-state index in [1.807, 2.05) is 13.2 Å². The Morgan fingerprint density at radius 3 is 3.23 bits per heavy atom. The van der Waals surface area contributed by atoms with Crippen LogP contribution in [0.5, 0.6) is 0 Å². The molecule has 0 spiro atoms. The molecule has 0 bridgehead atoms. The second-order valence-corrected chi connectivity index (χ2v) is 3.37. The highest BCUT2D eigenvalue weighted by molar-refractivity contribution is 5.29. The first-order valence-electron chi connectivity index (χ1n) is 4.60. The molecule has 0 saturated carbocycles. The average molecular weight is 178 g/mol. The minimum atomic E-state index is 0.356. The molecule has 1 aliphatic rings. The van der Waals surface area contributed by atoms with Crippen LogP contribution >= 0.6 is 0 Å². The maximum absolute atomic E-state index is 5.55. The third kappa shape index (κ3) is 1.49. The molecule has 1 heterocycles. The van der Waals surface area contributed by atoms with Crippen molar-refractivity contribution in [3.8, 4) is 0 Å². The molecule has 1 aromatic heterocycles. The summed E-state index contributed by atoms with van der Waals surface area (Å²) in [5.74, 6) is 0.376. The average Bonchev–Trinajstić information content (AvgIpc) is 2.17. The lowest BCUT2D eigenvalue weighted by atomic mass is 9.93. The summed E-state index contributed by atoms with van der Waals surface area (Å²) in [5.41, 5.74) is 7.87. The summed E-state index contributed by atoms with van der Waals surface area (Å²) in [6.45, 7) is 0. The number of nitrogen functional groups attached to an aromatic ring is 1. The largest absolute Gasteiger partial charge is 0.368 e. The lowest BCUT2D eigenvalue weighted by Gasteiger charge is -2.23. The molecule has 0 aromatic carbocycles. The lowest BCUT2D eigenvalue weighted by molar-refractivity contribution is 0.482. The zero-order valence-electron chi connectivity index (χ0n) is 7.75. The van der Waals surface area contributed by atoms with Crippen molar-refractivity contribution >= 4 is 5.95 Å². The molecule has 4 nitrogen and oxygen atoms in total. The van der Waals surface area contributed by atoms with Crippen molar-refractivity contribution in [2.24, 2.45) is 0 Å². The Kier molecular flexibility index (Phi) is 2.14. The fourth-order valence-electron chi connectivity index (χ4n) is 1.84. The number of nitrogens with one attached hydrogen (secondary N) is 1. The SMILES string of the molecule is CNC1CCCc2cnc(N)nc21. The molecule has 1 aliphatic carbocycles. The van der Waals surface area contributed by atoms with E-state index in [-0.39, 0.29) is 0 Å². The molecule has 70 valence electrons. The van der Waals surface area contributed by atoms with Gasteiger partial charge in [-0.2, -0.15) is 0 Å². The van der Waals surface area contributed by atoms with Crippen LogP contribution in [-0.2, 0) is 6.42 Å². The minimum Gasteiger partial charge on any atom is -0.368 e. The fourth-order valence-corrected chi connectivity index (χ4v) is 1.84. The van der Waals surface area contributed by atoms with Gasteiger partial charge in [0.1, 0.15) is 0 Å². The number of anilines is 1. The first kappa shape index (κ1) is 8.44. The van der Waals surface area contributed by atoms with Crippen LogP contribution < -0.4 is 11.1 Å². The maximum atomic E-state index is 5.55. The van der Waals surface area contributed by atoms with Gasteiger partial charge >= 0.3 is 0 Å². The number of nitrogens with zero attached hydrogens (tertiary/aromatic N) is 2. The Balaban J connectivity index is 2.41. The normalized spacial score (nSPS) is 21.2. The van der Waals surface area contributed by atoms with E-state index in [1.54, 1.807) is 0 Å². The van der Waals surface area contributed by atoms with Crippen LogP contribution in [0.4, 0.5) is 5.95 Å². The Labute approximate surface area is 77.6 Å². The zero-order chi connectivity index (χ0) is 9.26. The summed E-state index contributed by atoms with van der Waals surface area (Å²) in [6.07, 6.45) is 5.26. The Morgan fingerprint density at radius 1 is 1.62 bits per heavy atom. The number of fused-ring (bicyclic) bond motifs is 1. The van der Waals surface area contributed by atoms with Gasteiger partial charge in [-0.1, -0.05) is 0 Å². The molecule has 4 heteroatoms. The quantitative estimate of drug-likeness (QED) is 0.663. The highest BCUT2D eigenvalue weighted by Crippen LogP contribution is 2.27. The molecule has 3 N–H and O–H groups in total. The summed E-state index contributed by atoms with van der Waals surface area (Å²) in [7, 11) is 1.96. The molecule has 0 radical (unpaired) electrons.